The molecule has 152 valence electrons. The van der Waals surface area contributed by atoms with Gasteiger partial charge in [-0.2, -0.15) is 0 Å². The highest BCUT2D eigenvalue weighted by atomic mass is 32.2. The molecule has 2 heterocycles. The molecule has 0 radical (unpaired) electrons. The van der Waals surface area contributed by atoms with Crippen LogP contribution in [0.25, 0.3) is 0 Å². The van der Waals surface area contributed by atoms with Gasteiger partial charge in [0.25, 0.3) is 10.0 Å². The van der Waals surface area contributed by atoms with Crippen molar-refractivity contribution < 1.29 is 27.8 Å². The number of anilines is 2. The van der Waals surface area contributed by atoms with Gasteiger partial charge in [0, 0.05) is 11.8 Å². The molecule has 2 aromatic carbocycles. The number of ether oxygens (including phenoxy) is 2. The summed E-state index contributed by atoms with van der Waals surface area (Å²) < 4.78 is 36.8. The molecule has 4 rings (SSSR count). The Hall–Kier alpha value is -3.24. The van der Waals surface area contributed by atoms with E-state index >= 15 is 0 Å². The van der Waals surface area contributed by atoms with Crippen LogP contribution in [0.2, 0.25) is 0 Å². The summed E-state index contributed by atoms with van der Waals surface area (Å²) in [6.07, 6.45) is 0. The predicted molar refractivity (Wildman–Crippen MR) is 110 cm³/mol. The maximum Gasteiger partial charge on any atom is 0.348 e. The molecule has 1 aliphatic heterocycles. The molecule has 0 fully saturated rings. The topological polar surface area (TPSA) is 128 Å². The van der Waals surface area contributed by atoms with Gasteiger partial charge in [0.2, 0.25) is 0 Å². The van der Waals surface area contributed by atoms with E-state index in [1.807, 2.05) is 6.07 Å². The molecule has 4 N–H and O–H groups in total. The van der Waals surface area contributed by atoms with Crippen molar-refractivity contribution in [2.24, 2.45) is 0 Å². The summed E-state index contributed by atoms with van der Waals surface area (Å²) in [4.78, 5) is 10.9. The minimum atomic E-state index is -3.75. The van der Waals surface area contributed by atoms with Gasteiger partial charge in [-0.05, 0) is 35.7 Å². The summed E-state index contributed by atoms with van der Waals surface area (Å²) in [7, 11) is -3.75. The fourth-order valence-corrected chi connectivity index (χ4v) is 4.26. The number of benzene rings is 2. The Morgan fingerprint density at radius 2 is 1.72 bits per heavy atom. The highest BCUT2D eigenvalue weighted by Gasteiger charge is 2.19. The van der Waals surface area contributed by atoms with E-state index in [1.54, 1.807) is 30.3 Å². The fraction of sp³-hybridized carbons (Fsp3) is 0.105. The number of thiophene rings is 1. The van der Waals surface area contributed by atoms with Crippen molar-refractivity contribution in [3.8, 4) is 11.5 Å². The summed E-state index contributed by atoms with van der Waals surface area (Å²) >= 11 is 0.967. The van der Waals surface area contributed by atoms with E-state index in [1.165, 1.54) is 23.6 Å². The lowest BCUT2D eigenvalue weighted by Gasteiger charge is -2.17. The molecule has 0 saturated heterocycles. The molecule has 0 unspecified atom stereocenters. The monoisotopic (exact) mass is 434 g/mol. The maximum absolute atomic E-state index is 12.0. The second-order valence-electron chi connectivity index (χ2n) is 5.79. The van der Waals surface area contributed by atoms with Gasteiger partial charge in [0.1, 0.15) is 18.1 Å². The molecule has 1 aromatic heterocycles. The molecule has 0 saturated carbocycles. The molecule has 0 spiro atoms. The van der Waals surface area contributed by atoms with Gasteiger partial charge in [-0.25, -0.2) is 13.2 Å². The van der Waals surface area contributed by atoms with Crippen LogP contribution in [-0.2, 0) is 10.0 Å². The third-order valence-corrected chi connectivity index (χ3v) is 6.01. The molecule has 3 aromatic rings. The number of nitrogens with two attached hydrogens (primary N) is 1. The number of nitrogens with one attached hydrogen (secondary N) is 1. The third kappa shape index (κ3) is 5.18. The lowest BCUT2D eigenvalue weighted by atomic mass is 10.3. The number of sulfonamides is 1. The van der Waals surface area contributed by atoms with E-state index in [0.29, 0.717) is 18.9 Å². The Labute approximate surface area is 171 Å². The van der Waals surface area contributed by atoms with E-state index < -0.39 is 16.0 Å². The summed E-state index contributed by atoms with van der Waals surface area (Å²) in [6, 6.07) is 14.6. The number of carboxylic acids is 1. The first-order valence-corrected chi connectivity index (χ1v) is 10.8. The molecule has 0 aliphatic carbocycles. The Kier molecular flexibility index (Phi) is 6.25. The molecule has 0 bridgehead atoms. The van der Waals surface area contributed by atoms with Crippen LogP contribution in [0.1, 0.15) is 9.67 Å². The largest absolute Gasteiger partial charge is 0.486 e. The second kappa shape index (κ2) is 8.84. The number of nitrogen functional groups attached to an aromatic ring is 1. The van der Waals surface area contributed by atoms with Crippen LogP contribution in [-0.4, -0.2) is 32.7 Å². The Morgan fingerprint density at radius 3 is 2.41 bits per heavy atom. The van der Waals surface area contributed by atoms with Gasteiger partial charge in [-0.3, -0.25) is 4.72 Å². The molecule has 0 atom stereocenters. The second-order valence-corrected chi connectivity index (χ2v) is 8.39. The SMILES string of the molecule is Nc1ccc2c(c1)OCCO2.O=C(O)c1sccc1NS(=O)(=O)c1ccccc1. The van der Waals surface area contributed by atoms with Gasteiger partial charge < -0.3 is 20.3 Å². The van der Waals surface area contributed by atoms with Gasteiger partial charge in [0.15, 0.2) is 11.5 Å². The number of hydrogen-bond acceptors (Lipinski definition) is 7. The number of hydrogen-bond donors (Lipinski definition) is 3. The minimum Gasteiger partial charge on any atom is -0.486 e. The van der Waals surface area contributed by atoms with Crippen LogP contribution >= 0.6 is 11.3 Å². The minimum absolute atomic E-state index is 0.0329. The first-order valence-electron chi connectivity index (χ1n) is 8.40. The Balaban J connectivity index is 0.000000186. The van der Waals surface area contributed by atoms with Crippen LogP contribution in [0.5, 0.6) is 11.5 Å². The summed E-state index contributed by atoms with van der Waals surface area (Å²) in [5.74, 6) is 0.373. The quantitative estimate of drug-likeness (QED) is 0.538. The molecule has 0 amide bonds. The smallest absolute Gasteiger partial charge is 0.348 e. The van der Waals surface area contributed by atoms with Crippen LogP contribution < -0.4 is 19.9 Å². The zero-order chi connectivity index (χ0) is 20.9. The van der Waals surface area contributed by atoms with Crippen molar-refractivity contribution >= 4 is 38.7 Å². The van der Waals surface area contributed by atoms with Crippen molar-refractivity contribution in [1.82, 2.24) is 0 Å². The van der Waals surface area contributed by atoms with Gasteiger partial charge in [-0.1, -0.05) is 18.2 Å². The lowest BCUT2D eigenvalue weighted by Crippen LogP contribution is -2.15. The van der Waals surface area contributed by atoms with Gasteiger partial charge in [-0.15, -0.1) is 11.3 Å². The van der Waals surface area contributed by atoms with Crippen molar-refractivity contribution in [2.45, 2.75) is 4.90 Å². The maximum atomic E-state index is 12.0. The number of fused-ring (bicyclic) bond motifs is 1. The first kappa shape index (κ1) is 20.5. The van der Waals surface area contributed by atoms with E-state index in [2.05, 4.69) is 4.72 Å². The Morgan fingerprint density at radius 1 is 1.03 bits per heavy atom. The number of aromatic carboxylic acids is 1. The summed E-state index contributed by atoms with van der Waals surface area (Å²) in [5.41, 5.74) is 6.33. The van der Waals surface area contributed by atoms with E-state index in [9.17, 15) is 13.2 Å². The summed E-state index contributed by atoms with van der Waals surface area (Å²) in [6.45, 7) is 1.23. The van der Waals surface area contributed by atoms with Crippen molar-refractivity contribution in [3.63, 3.8) is 0 Å². The normalized spacial score (nSPS) is 12.4. The zero-order valence-electron chi connectivity index (χ0n) is 15.1. The first-order chi connectivity index (χ1) is 13.9. The molecule has 8 nitrogen and oxygen atoms in total. The number of rotatable bonds is 4. The average Bonchev–Trinajstić information content (AvgIpc) is 3.17. The molecule has 10 heteroatoms. The van der Waals surface area contributed by atoms with Crippen LogP contribution in [0, 0.1) is 0 Å². The number of carboxylic acid groups (broad SMARTS) is 1. The van der Waals surface area contributed by atoms with Crippen LogP contribution in [0.4, 0.5) is 11.4 Å². The average molecular weight is 434 g/mol. The Bertz CT molecular complexity index is 1100. The summed E-state index contributed by atoms with van der Waals surface area (Å²) in [5, 5.41) is 10.4. The molecular weight excluding hydrogens is 416 g/mol. The van der Waals surface area contributed by atoms with E-state index in [4.69, 9.17) is 20.3 Å². The standard InChI is InChI=1S/C11H9NO4S2.C8H9NO2/c13-11(14)10-9(6-7-17-10)12-18(15,16)8-4-2-1-3-5-8;9-6-1-2-7-8(5-6)11-4-3-10-7/h1-7,12H,(H,13,14);1-2,5H,3-4,9H2. The van der Waals surface area contributed by atoms with Gasteiger partial charge >= 0.3 is 5.97 Å². The molecular formula is C19H18N2O6S2. The molecule has 29 heavy (non-hydrogen) atoms. The van der Waals surface area contributed by atoms with Crippen molar-refractivity contribution in [1.29, 1.82) is 0 Å². The van der Waals surface area contributed by atoms with Crippen molar-refractivity contribution in [2.75, 3.05) is 23.7 Å². The van der Waals surface area contributed by atoms with Crippen LogP contribution in [0.3, 0.4) is 0 Å². The van der Waals surface area contributed by atoms with Crippen LogP contribution in [0.15, 0.2) is 64.9 Å². The highest BCUT2D eigenvalue weighted by Crippen LogP contribution is 2.31. The lowest BCUT2D eigenvalue weighted by molar-refractivity contribution is 0.0703. The van der Waals surface area contributed by atoms with Gasteiger partial charge in [0.05, 0.1) is 10.6 Å². The fourth-order valence-electron chi connectivity index (χ4n) is 2.42. The highest BCUT2D eigenvalue weighted by molar-refractivity contribution is 7.92. The molecule has 1 aliphatic rings. The van der Waals surface area contributed by atoms with E-state index in [-0.39, 0.29) is 15.5 Å². The predicted octanol–water partition coefficient (Wildman–Crippen LogP) is 3.29. The van der Waals surface area contributed by atoms with E-state index in [0.717, 1.165) is 22.8 Å². The third-order valence-electron chi connectivity index (χ3n) is 3.72. The number of carbonyl (C=O) groups is 1. The van der Waals surface area contributed by atoms with Crippen molar-refractivity contribution in [3.05, 3.63) is 64.9 Å². The zero-order valence-corrected chi connectivity index (χ0v) is 16.7.